The summed E-state index contributed by atoms with van der Waals surface area (Å²) in [6.07, 6.45) is 5.01. The number of ether oxygens (including phenoxy) is 1. The van der Waals surface area contributed by atoms with E-state index in [-0.39, 0.29) is 0 Å². The Labute approximate surface area is 102 Å². The predicted molar refractivity (Wildman–Crippen MR) is 67.2 cm³/mol. The van der Waals surface area contributed by atoms with Gasteiger partial charge in [0.2, 0.25) is 0 Å². The number of methoxy groups -OCH3 is 1. The van der Waals surface area contributed by atoms with Crippen LogP contribution >= 0.6 is 11.6 Å². The molecule has 1 N–H and O–H groups in total. The lowest BCUT2D eigenvalue weighted by Gasteiger charge is -2.19. The lowest BCUT2D eigenvalue weighted by atomic mass is 10.0. The Morgan fingerprint density at radius 2 is 2.19 bits per heavy atom. The van der Waals surface area contributed by atoms with Crippen molar-refractivity contribution in [2.45, 2.75) is 31.7 Å². The smallest absolute Gasteiger partial charge is 0.123 e. The highest BCUT2D eigenvalue weighted by molar-refractivity contribution is 6.30. The second-order valence-electron chi connectivity index (χ2n) is 4.24. The van der Waals surface area contributed by atoms with E-state index >= 15 is 0 Å². The summed E-state index contributed by atoms with van der Waals surface area (Å²) in [6.45, 7) is 1.08. The van der Waals surface area contributed by atoms with Crippen LogP contribution in [0.25, 0.3) is 0 Å². The third-order valence-corrected chi connectivity index (χ3v) is 3.36. The quantitative estimate of drug-likeness (QED) is 0.852. The second-order valence-corrected chi connectivity index (χ2v) is 4.68. The molecule has 16 heavy (non-hydrogen) atoms. The zero-order valence-corrected chi connectivity index (χ0v) is 10.4. The molecule has 1 aromatic carbocycles. The summed E-state index contributed by atoms with van der Waals surface area (Å²) >= 11 is 6.05. The highest BCUT2D eigenvalue weighted by Crippen LogP contribution is 2.32. The molecule has 2 rings (SSSR count). The Hall–Kier alpha value is -0.730. The van der Waals surface area contributed by atoms with Crippen molar-refractivity contribution in [2.24, 2.45) is 0 Å². The summed E-state index contributed by atoms with van der Waals surface area (Å²) in [5.74, 6) is 0.934. The number of benzene rings is 1. The van der Waals surface area contributed by atoms with Gasteiger partial charge in [0, 0.05) is 16.6 Å². The van der Waals surface area contributed by atoms with Crippen molar-refractivity contribution in [3.8, 4) is 5.75 Å². The van der Waals surface area contributed by atoms with E-state index in [1.165, 1.54) is 24.8 Å². The molecule has 1 aromatic rings. The maximum Gasteiger partial charge on any atom is 0.123 e. The van der Waals surface area contributed by atoms with Gasteiger partial charge in [0.15, 0.2) is 0 Å². The van der Waals surface area contributed by atoms with E-state index in [0.717, 1.165) is 23.7 Å². The van der Waals surface area contributed by atoms with E-state index in [2.05, 4.69) is 5.32 Å². The van der Waals surface area contributed by atoms with E-state index in [0.29, 0.717) is 6.04 Å². The van der Waals surface area contributed by atoms with Crippen LogP contribution in [0, 0.1) is 0 Å². The maximum atomic E-state index is 6.05. The molecule has 0 bridgehead atoms. The largest absolute Gasteiger partial charge is 0.496 e. The van der Waals surface area contributed by atoms with Crippen molar-refractivity contribution in [2.75, 3.05) is 13.7 Å². The SMILES string of the molecule is COc1ccc(Cl)cc1C1CCCCCN1. The van der Waals surface area contributed by atoms with E-state index in [1.807, 2.05) is 18.2 Å². The minimum atomic E-state index is 0.385. The molecule has 1 heterocycles. The zero-order chi connectivity index (χ0) is 11.4. The Kier molecular flexibility index (Phi) is 4.08. The van der Waals surface area contributed by atoms with Crippen molar-refractivity contribution in [1.29, 1.82) is 0 Å². The molecule has 0 aliphatic carbocycles. The fourth-order valence-corrected chi connectivity index (χ4v) is 2.45. The Morgan fingerprint density at radius 1 is 1.31 bits per heavy atom. The summed E-state index contributed by atoms with van der Waals surface area (Å²) in [7, 11) is 1.71. The first-order valence-electron chi connectivity index (χ1n) is 5.88. The second kappa shape index (κ2) is 5.55. The molecule has 1 aliphatic rings. The molecule has 0 spiro atoms. The van der Waals surface area contributed by atoms with E-state index < -0.39 is 0 Å². The summed E-state index contributed by atoms with van der Waals surface area (Å²) < 4.78 is 5.40. The van der Waals surface area contributed by atoms with Gasteiger partial charge in [-0.2, -0.15) is 0 Å². The van der Waals surface area contributed by atoms with Gasteiger partial charge in [-0.3, -0.25) is 0 Å². The van der Waals surface area contributed by atoms with Gasteiger partial charge in [-0.05, 0) is 37.6 Å². The molecule has 0 amide bonds. The van der Waals surface area contributed by atoms with Crippen LogP contribution in [-0.4, -0.2) is 13.7 Å². The molecular weight excluding hydrogens is 222 g/mol. The third-order valence-electron chi connectivity index (χ3n) is 3.13. The molecule has 0 radical (unpaired) electrons. The van der Waals surface area contributed by atoms with Crippen molar-refractivity contribution in [3.63, 3.8) is 0 Å². The van der Waals surface area contributed by atoms with Gasteiger partial charge < -0.3 is 10.1 Å². The van der Waals surface area contributed by atoms with Crippen LogP contribution in [0.4, 0.5) is 0 Å². The van der Waals surface area contributed by atoms with Crippen molar-refractivity contribution < 1.29 is 4.74 Å². The molecule has 2 nitrogen and oxygen atoms in total. The van der Waals surface area contributed by atoms with Crippen LogP contribution in [0.2, 0.25) is 5.02 Å². The van der Waals surface area contributed by atoms with Gasteiger partial charge in [0.05, 0.1) is 7.11 Å². The average molecular weight is 240 g/mol. The highest BCUT2D eigenvalue weighted by atomic mass is 35.5. The zero-order valence-electron chi connectivity index (χ0n) is 9.63. The topological polar surface area (TPSA) is 21.3 Å². The fourth-order valence-electron chi connectivity index (χ4n) is 2.27. The summed E-state index contributed by atoms with van der Waals surface area (Å²) in [4.78, 5) is 0. The standard InChI is InChI=1S/C13H18ClNO/c1-16-13-7-6-10(14)9-11(13)12-5-3-2-4-8-15-12/h6-7,9,12,15H,2-5,8H2,1H3. The number of rotatable bonds is 2. The molecule has 1 aliphatic heterocycles. The highest BCUT2D eigenvalue weighted by Gasteiger charge is 2.17. The molecule has 1 fully saturated rings. The normalized spacial score (nSPS) is 21.5. The fraction of sp³-hybridized carbons (Fsp3) is 0.538. The summed E-state index contributed by atoms with van der Waals surface area (Å²) in [5.41, 5.74) is 1.19. The van der Waals surface area contributed by atoms with Gasteiger partial charge >= 0.3 is 0 Å². The number of nitrogens with one attached hydrogen (secondary N) is 1. The average Bonchev–Trinajstić information content (AvgIpc) is 2.57. The van der Waals surface area contributed by atoms with E-state index in [1.54, 1.807) is 7.11 Å². The summed E-state index contributed by atoms with van der Waals surface area (Å²) in [6, 6.07) is 6.23. The van der Waals surface area contributed by atoms with Gasteiger partial charge in [0.25, 0.3) is 0 Å². The lowest BCUT2D eigenvalue weighted by molar-refractivity contribution is 0.397. The first kappa shape index (κ1) is 11.7. The monoisotopic (exact) mass is 239 g/mol. The maximum absolute atomic E-state index is 6.05. The number of hydrogen-bond acceptors (Lipinski definition) is 2. The van der Waals surface area contributed by atoms with Gasteiger partial charge in [-0.25, -0.2) is 0 Å². The minimum Gasteiger partial charge on any atom is -0.496 e. The number of hydrogen-bond donors (Lipinski definition) is 1. The minimum absolute atomic E-state index is 0.385. The van der Waals surface area contributed by atoms with E-state index in [4.69, 9.17) is 16.3 Å². The van der Waals surface area contributed by atoms with Gasteiger partial charge in [-0.1, -0.05) is 24.4 Å². The van der Waals surface area contributed by atoms with Crippen LogP contribution in [0.15, 0.2) is 18.2 Å². The molecule has 88 valence electrons. The van der Waals surface area contributed by atoms with Crippen LogP contribution in [-0.2, 0) is 0 Å². The van der Waals surface area contributed by atoms with Crippen LogP contribution in [0.5, 0.6) is 5.75 Å². The molecule has 1 atom stereocenters. The third kappa shape index (κ3) is 2.69. The van der Waals surface area contributed by atoms with Crippen molar-refractivity contribution in [1.82, 2.24) is 5.32 Å². The van der Waals surface area contributed by atoms with E-state index in [9.17, 15) is 0 Å². The van der Waals surface area contributed by atoms with Crippen LogP contribution in [0.1, 0.15) is 37.3 Å². The van der Waals surface area contributed by atoms with Crippen LogP contribution < -0.4 is 10.1 Å². The summed E-state index contributed by atoms with van der Waals surface area (Å²) in [5, 5.41) is 4.34. The Bertz CT molecular complexity index is 346. The first-order chi connectivity index (χ1) is 7.81. The predicted octanol–water partition coefficient (Wildman–Crippen LogP) is 3.55. The van der Waals surface area contributed by atoms with Gasteiger partial charge in [-0.15, -0.1) is 0 Å². The molecule has 3 heteroatoms. The van der Waals surface area contributed by atoms with Crippen LogP contribution in [0.3, 0.4) is 0 Å². The molecular formula is C13H18ClNO. The molecule has 1 saturated heterocycles. The Balaban J connectivity index is 2.25. The molecule has 0 saturated carbocycles. The van der Waals surface area contributed by atoms with Crippen molar-refractivity contribution in [3.05, 3.63) is 28.8 Å². The van der Waals surface area contributed by atoms with Gasteiger partial charge in [0.1, 0.15) is 5.75 Å². The first-order valence-corrected chi connectivity index (χ1v) is 6.26. The lowest BCUT2D eigenvalue weighted by Crippen LogP contribution is -2.20. The molecule has 0 aromatic heterocycles. The number of halogens is 1. The van der Waals surface area contributed by atoms with Crippen molar-refractivity contribution >= 4 is 11.6 Å². The Morgan fingerprint density at radius 3 is 3.00 bits per heavy atom. The molecule has 1 unspecified atom stereocenters.